The second-order valence-electron chi connectivity index (χ2n) is 4.46. The fourth-order valence-corrected chi connectivity index (χ4v) is 3.02. The first-order valence-electron chi connectivity index (χ1n) is 6.26. The number of carbonyl (C=O) groups is 1. The van der Waals surface area contributed by atoms with Gasteiger partial charge in [0.05, 0.1) is 17.9 Å². The molecule has 0 radical (unpaired) electrons. The summed E-state index contributed by atoms with van der Waals surface area (Å²) >= 11 is 0. The molecule has 0 fully saturated rings. The van der Waals surface area contributed by atoms with Crippen molar-refractivity contribution in [3.8, 4) is 0 Å². The molecule has 1 aromatic rings. The number of nitrogens with two attached hydrogens (primary N) is 1. The molecule has 1 aromatic carbocycles. The molecule has 112 valence electrons. The van der Waals surface area contributed by atoms with E-state index in [0.717, 1.165) is 9.87 Å². The lowest BCUT2D eigenvalue weighted by Gasteiger charge is -2.17. The maximum absolute atomic E-state index is 12.3. The Morgan fingerprint density at radius 1 is 1.35 bits per heavy atom. The lowest BCUT2D eigenvalue weighted by molar-refractivity contribution is -0.143. The van der Waals surface area contributed by atoms with E-state index in [1.807, 2.05) is 0 Å². The maximum atomic E-state index is 12.3. The highest BCUT2D eigenvalue weighted by Gasteiger charge is 2.22. The highest BCUT2D eigenvalue weighted by Crippen LogP contribution is 2.19. The predicted octanol–water partition coefficient (Wildman–Crippen LogP) is 1.15. The molecular weight excluding hydrogens is 280 g/mol. The molecular formula is C13H20N2O4S. The number of esters is 1. The van der Waals surface area contributed by atoms with Crippen molar-refractivity contribution in [3.05, 3.63) is 23.8 Å². The Kier molecular flexibility index (Phi) is 5.52. The van der Waals surface area contributed by atoms with Gasteiger partial charge in [0.15, 0.2) is 0 Å². The summed E-state index contributed by atoms with van der Waals surface area (Å²) in [5, 5.41) is 0. The third-order valence-electron chi connectivity index (χ3n) is 2.72. The number of aryl methyl sites for hydroxylation is 1. The van der Waals surface area contributed by atoms with Crippen molar-refractivity contribution in [2.75, 3.05) is 25.9 Å². The first-order chi connectivity index (χ1) is 9.27. The molecule has 0 aliphatic carbocycles. The quantitative estimate of drug-likeness (QED) is 0.629. The fourth-order valence-electron chi connectivity index (χ4n) is 1.71. The summed E-state index contributed by atoms with van der Waals surface area (Å²) in [6.07, 6.45) is 0.0187. The van der Waals surface area contributed by atoms with Crippen LogP contribution in [0.5, 0.6) is 0 Å². The molecule has 0 saturated heterocycles. The second-order valence-corrected chi connectivity index (χ2v) is 6.51. The van der Waals surface area contributed by atoms with Crippen LogP contribution < -0.4 is 5.73 Å². The largest absolute Gasteiger partial charge is 0.466 e. The molecule has 0 amide bonds. The van der Waals surface area contributed by atoms with Crippen LogP contribution in [0.2, 0.25) is 0 Å². The predicted molar refractivity (Wildman–Crippen MR) is 76.7 cm³/mol. The van der Waals surface area contributed by atoms with Crippen molar-refractivity contribution < 1.29 is 17.9 Å². The van der Waals surface area contributed by atoms with Crippen molar-refractivity contribution in [2.45, 2.75) is 25.2 Å². The van der Waals surface area contributed by atoms with Crippen molar-refractivity contribution in [3.63, 3.8) is 0 Å². The smallest absolute Gasteiger partial charge is 0.307 e. The van der Waals surface area contributed by atoms with Crippen LogP contribution in [0.3, 0.4) is 0 Å². The number of nitrogens with zero attached hydrogens (tertiary/aromatic N) is 1. The van der Waals surface area contributed by atoms with Crippen molar-refractivity contribution >= 4 is 21.7 Å². The highest BCUT2D eigenvalue weighted by molar-refractivity contribution is 7.89. The van der Waals surface area contributed by atoms with Gasteiger partial charge in [0.1, 0.15) is 0 Å². The van der Waals surface area contributed by atoms with Gasteiger partial charge in [0.25, 0.3) is 0 Å². The average molecular weight is 300 g/mol. The van der Waals surface area contributed by atoms with Crippen LogP contribution in [0.1, 0.15) is 18.9 Å². The summed E-state index contributed by atoms with van der Waals surface area (Å²) in [7, 11) is -2.23. The number of anilines is 1. The van der Waals surface area contributed by atoms with E-state index in [0.29, 0.717) is 5.69 Å². The number of rotatable bonds is 6. The number of sulfonamides is 1. The molecule has 0 saturated carbocycles. The van der Waals surface area contributed by atoms with Crippen molar-refractivity contribution in [1.82, 2.24) is 4.31 Å². The van der Waals surface area contributed by atoms with Gasteiger partial charge in [-0.25, -0.2) is 12.7 Å². The van der Waals surface area contributed by atoms with Gasteiger partial charge in [0, 0.05) is 19.3 Å². The van der Waals surface area contributed by atoms with E-state index in [9.17, 15) is 13.2 Å². The van der Waals surface area contributed by atoms with Gasteiger partial charge in [-0.1, -0.05) is 0 Å². The Morgan fingerprint density at radius 3 is 2.55 bits per heavy atom. The van der Waals surface area contributed by atoms with Crippen LogP contribution in [0.15, 0.2) is 23.1 Å². The number of benzene rings is 1. The van der Waals surface area contributed by atoms with E-state index in [-0.39, 0.29) is 24.5 Å². The molecule has 20 heavy (non-hydrogen) atoms. The molecule has 2 N–H and O–H groups in total. The van der Waals surface area contributed by atoms with Gasteiger partial charge in [-0.05, 0) is 37.6 Å². The Bertz CT molecular complexity index is 564. The minimum Gasteiger partial charge on any atom is -0.466 e. The summed E-state index contributed by atoms with van der Waals surface area (Å²) in [5.74, 6) is -0.418. The molecule has 0 heterocycles. The zero-order chi connectivity index (χ0) is 15.3. The van der Waals surface area contributed by atoms with Crippen molar-refractivity contribution in [1.29, 1.82) is 0 Å². The summed E-state index contributed by atoms with van der Waals surface area (Å²) in [6.45, 7) is 3.82. The molecule has 6 nitrogen and oxygen atoms in total. The van der Waals surface area contributed by atoms with Crippen LogP contribution >= 0.6 is 0 Å². The van der Waals surface area contributed by atoms with E-state index in [4.69, 9.17) is 10.5 Å². The molecule has 1 rings (SSSR count). The van der Waals surface area contributed by atoms with Crippen LogP contribution in [0.25, 0.3) is 0 Å². The number of hydrogen-bond acceptors (Lipinski definition) is 5. The maximum Gasteiger partial charge on any atom is 0.307 e. The van der Waals surface area contributed by atoms with E-state index in [1.54, 1.807) is 26.0 Å². The summed E-state index contributed by atoms with van der Waals surface area (Å²) < 4.78 is 30.5. The topological polar surface area (TPSA) is 89.7 Å². The van der Waals surface area contributed by atoms with Crippen LogP contribution in [-0.4, -0.2) is 38.9 Å². The van der Waals surface area contributed by atoms with E-state index >= 15 is 0 Å². The molecule has 0 atom stereocenters. The number of nitrogen functional groups attached to an aromatic ring is 1. The third kappa shape index (κ3) is 4.21. The number of carbonyl (C=O) groups excluding carboxylic acids is 1. The SMILES string of the molecule is CCOC(=O)CCN(C)S(=O)(=O)c1cc(C)cc(N)c1. The van der Waals surface area contributed by atoms with Gasteiger partial charge >= 0.3 is 5.97 Å². The van der Waals surface area contributed by atoms with Gasteiger partial charge in [0.2, 0.25) is 10.0 Å². The first kappa shape index (κ1) is 16.5. The highest BCUT2D eigenvalue weighted by atomic mass is 32.2. The molecule has 0 aromatic heterocycles. The zero-order valence-electron chi connectivity index (χ0n) is 11.9. The molecule has 0 unspecified atom stereocenters. The summed E-state index contributed by atoms with van der Waals surface area (Å²) in [5.41, 5.74) is 6.82. The minimum atomic E-state index is -3.65. The zero-order valence-corrected chi connectivity index (χ0v) is 12.7. The van der Waals surface area contributed by atoms with E-state index in [1.165, 1.54) is 13.1 Å². The monoisotopic (exact) mass is 300 g/mol. The average Bonchev–Trinajstić information content (AvgIpc) is 2.35. The lowest BCUT2D eigenvalue weighted by atomic mass is 10.2. The van der Waals surface area contributed by atoms with E-state index in [2.05, 4.69) is 0 Å². The number of hydrogen-bond donors (Lipinski definition) is 1. The molecule has 0 bridgehead atoms. The van der Waals surface area contributed by atoms with Gasteiger partial charge in [-0.3, -0.25) is 4.79 Å². The third-order valence-corrected chi connectivity index (χ3v) is 4.55. The fraction of sp³-hybridized carbons (Fsp3) is 0.462. The first-order valence-corrected chi connectivity index (χ1v) is 7.70. The molecule has 0 spiro atoms. The minimum absolute atomic E-state index is 0.0187. The van der Waals surface area contributed by atoms with Crippen LogP contribution in [-0.2, 0) is 19.6 Å². The van der Waals surface area contributed by atoms with Crippen molar-refractivity contribution in [2.24, 2.45) is 0 Å². The number of ether oxygens (including phenoxy) is 1. The molecule has 7 heteroatoms. The Balaban J connectivity index is 2.84. The summed E-state index contributed by atoms with van der Waals surface area (Å²) in [6, 6.07) is 4.65. The normalized spacial score (nSPS) is 11.6. The molecule has 0 aliphatic rings. The van der Waals surface area contributed by atoms with Gasteiger partial charge in [-0.2, -0.15) is 0 Å². The Labute approximate surface area is 119 Å². The van der Waals surface area contributed by atoms with Crippen LogP contribution in [0.4, 0.5) is 5.69 Å². The van der Waals surface area contributed by atoms with Gasteiger partial charge < -0.3 is 10.5 Å². The summed E-state index contributed by atoms with van der Waals surface area (Å²) in [4.78, 5) is 11.4. The Morgan fingerprint density at radius 2 is 2.00 bits per heavy atom. The lowest BCUT2D eigenvalue weighted by Crippen LogP contribution is -2.29. The van der Waals surface area contributed by atoms with Gasteiger partial charge in [-0.15, -0.1) is 0 Å². The second kappa shape index (κ2) is 6.71. The molecule has 0 aliphatic heterocycles. The van der Waals surface area contributed by atoms with Crippen LogP contribution in [0, 0.1) is 6.92 Å². The standard InChI is InChI=1S/C13H20N2O4S/c1-4-19-13(16)5-6-15(3)20(17,18)12-8-10(2)7-11(14)9-12/h7-9H,4-6,14H2,1-3H3. The van der Waals surface area contributed by atoms with E-state index < -0.39 is 16.0 Å². The Hall–Kier alpha value is -1.60.